The molecule has 1 aliphatic rings. The van der Waals surface area contributed by atoms with Crippen LogP contribution in [0.3, 0.4) is 0 Å². The molecule has 1 fully saturated rings. The van der Waals surface area contributed by atoms with E-state index in [1.807, 2.05) is 13.1 Å². The second-order valence-corrected chi connectivity index (χ2v) is 4.23. The largest absolute Gasteiger partial charge is 0.376 e. The number of hydrogen-bond donors (Lipinski definition) is 1. The number of nitrogens with zero attached hydrogens (tertiary/aromatic N) is 2. The van der Waals surface area contributed by atoms with E-state index in [0.29, 0.717) is 6.10 Å². The van der Waals surface area contributed by atoms with Crippen LogP contribution in [0.5, 0.6) is 0 Å². The van der Waals surface area contributed by atoms with Gasteiger partial charge in [0.2, 0.25) is 0 Å². The zero-order valence-corrected chi connectivity index (χ0v) is 9.90. The summed E-state index contributed by atoms with van der Waals surface area (Å²) in [6.45, 7) is 6.40. The number of rotatable bonds is 4. The standard InChI is InChI=1S/C11H19N3O2/c1-9-7-14(3-4-15-9)8-11-5-10(6-12-2)13-16-11/h5,9,12H,3-4,6-8H2,1-2H3. The zero-order chi connectivity index (χ0) is 11.4. The van der Waals surface area contributed by atoms with E-state index in [2.05, 4.69) is 22.3 Å². The van der Waals surface area contributed by atoms with E-state index in [9.17, 15) is 0 Å². The summed E-state index contributed by atoms with van der Waals surface area (Å²) in [7, 11) is 1.90. The highest BCUT2D eigenvalue weighted by atomic mass is 16.5. The molecule has 1 aliphatic heterocycles. The summed E-state index contributed by atoms with van der Waals surface area (Å²) in [5, 5.41) is 7.05. The Hall–Kier alpha value is -0.910. The van der Waals surface area contributed by atoms with Gasteiger partial charge in [0.05, 0.1) is 24.9 Å². The molecular formula is C11H19N3O2. The van der Waals surface area contributed by atoms with Gasteiger partial charge >= 0.3 is 0 Å². The topological polar surface area (TPSA) is 50.5 Å². The van der Waals surface area contributed by atoms with Crippen LogP contribution in [-0.2, 0) is 17.8 Å². The third-order valence-electron chi connectivity index (χ3n) is 2.67. The van der Waals surface area contributed by atoms with Crippen LogP contribution in [0, 0.1) is 0 Å². The van der Waals surface area contributed by atoms with Gasteiger partial charge in [0.25, 0.3) is 0 Å². The van der Waals surface area contributed by atoms with E-state index >= 15 is 0 Å². The maximum Gasteiger partial charge on any atom is 0.151 e. The Morgan fingerprint density at radius 2 is 2.50 bits per heavy atom. The van der Waals surface area contributed by atoms with Crippen LogP contribution < -0.4 is 5.32 Å². The monoisotopic (exact) mass is 225 g/mol. The van der Waals surface area contributed by atoms with Crippen molar-refractivity contribution in [1.29, 1.82) is 0 Å². The molecule has 0 bridgehead atoms. The number of ether oxygens (including phenoxy) is 1. The smallest absolute Gasteiger partial charge is 0.151 e. The van der Waals surface area contributed by atoms with E-state index in [1.165, 1.54) is 0 Å². The Labute approximate surface area is 95.7 Å². The summed E-state index contributed by atoms with van der Waals surface area (Å²) < 4.78 is 10.8. The molecule has 1 N–H and O–H groups in total. The molecule has 5 heteroatoms. The maximum atomic E-state index is 5.49. The second-order valence-electron chi connectivity index (χ2n) is 4.23. The fourth-order valence-electron chi connectivity index (χ4n) is 1.95. The molecule has 5 nitrogen and oxygen atoms in total. The van der Waals surface area contributed by atoms with Crippen molar-refractivity contribution in [3.05, 3.63) is 17.5 Å². The number of nitrogens with one attached hydrogen (secondary N) is 1. The Morgan fingerprint density at radius 3 is 3.25 bits per heavy atom. The molecule has 0 spiro atoms. The van der Waals surface area contributed by atoms with Crippen LogP contribution in [0.4, 0.5) is 0 Å². The lowest BCUT2D eigenvalue weighted by Crippen LogP contribution is -2.40. The van der Waals surface area contributed by atoms with Crippen LogP contribution in [-0.4, -0.2) is 42.9 Å². The van der Waals surface area contributed by atoms with Gasteiger partial charge in [-0.25, -0.2) is 0 Å². The van der Waals surface area contributed by atoms with E-state index in [4.69, 9.17) is 9.26 Å². The fraction of sp³-hybridized carbons (Fsp3) is 0.727. The molecule has 2 rings (SSSR count). The summed E-state index contributed by atoms with van der Waals surface area (Å²) in [4.78, 5) is 2.33. The van der Waals surface area contributed by atoms with Gasteiger partial charge in [-0.15, -0.1) is 0 Å². The molecule has 1 saturated heterocycles. The third-order valence-corrected chi connectivity index (χ3v) is 2.67. The molecule has 1 aromatic heterocycles. The molecule has 1 atom stereocenters. The van der Waals surface area contributed by atoms with Gasteiger partial charge in [0, 0.05) is 25.7 Å². The first kappa shape index (κ1) is 11.6. The highest BCUT2D eigenvalue weighted by molar-refractivity contribution is 5.05. The Morgan fingerprint density at radius 1 is 1.62 bits per heavy atom. The van der Waals surface area contributed by atoms with Crippen molar-refractivity contribution >= 4 is 0 Å². The van der Waals surface area contributed by atoms with Gasteiger partial charge in [0.1, 0.15) is 0 Å². The van der Waals surface area contributed by atoms with Crippen molar-refractivity contribution < 1.29 is 9.26 Å². The lowest BCUT2D eigenvalue weighted by Gasteiger charge is -2.30. The van der Waals surface area contributed by atoms with Gasteiger partial charge in [0.15, 0.2) is 5.76 Å². The molecule has 0 saturated carbocycles. The van der Waals surface area contributed by atoms with Crippen LogP contribution in [0.2, 0.25) is 0 Å². The van der Waals surface area contributed by atoms with Crippen molar-refractivity contribution in [2.75, 3.05) is 26.7 Å². The van der Waals surface area contributed by atoms with Gasteiger partial charge < -0.3 is 14.6 Å². The Bertz CT molecular complexity index is 327. The van der Waals surface area contributed by atoms with Gasteiger partial charge in [-0.3, -0.25) is 4.90 Å². The molecule has 1 aromatic rings. The lowest BCUT2D eigenvalue weighted by atomic mass is 10.2. The minimum Gasteiger partial charge on any atom is -0.376 e. The molecule has 1 unspecified atom stereocenters. The number of aromatic nitrogens is 1. The average Bonchev–Trinajstić information content (AvgIpc) is 2.66. The minimum absolute atomic E-state index is 0.313. The van der Waals surface area contributed by atoms with Crippen LogP contribution in [0.15, 0.2) is 10.6 Å². The zero-order valence-electron chi connectivity index (χ0n) is 9.90. The summed E-state index contributed by atoms with van der Waals surface area (Å²) in [6, 6.07) is 2.01. The lowest BCUT2D eigenvalue weighted by molar-refractivity contribution is -0.0235. The van der Waals surface area contributed by atoms with Gasteiger partial charge in [-0.2, -0.15) is 0 Å². The first-order chi connectivity index (χ1) is 7.78. The highest BCUT2D eigenvalue weighted by Gasteiger charge is 2.18. The van der Waals surface area contributed by atoms with Crippen molar-refractivity contribution in [3.8, 4) is 0 Å². The van der Waals surface area contributed by atoms with Gasteiger partial charge in [-0.1, -0.05) is 5.16 Å². The van der Waals surface area contributed by atoms with Crippen LogP contribution in [0.25, 0.3) is 0 Å². The number of morpholine rings is 1. The molecular weight excluding hydrogens is 206 g/mol. The quantitative estimate of drug-likeness (QED) is 0.814. The van der Waals surface area contributed by atoms with Crippen LogP contribution >= 0.6 is 0 Å². The molecule has 0 aliphatic carbocycles. The number of hydrogen-bond acceptors (Lipinski definition) is 5. The second kappa shape index (κ2) is 5.43. The molecule has 2 heterocycles. The highest BCUT2D eigenvalue weighted by Crippen LogP contribution is 2.11. The van der Waals surface area contributed by atoms with Crippen molar-refractivity contribution in [2.45, 2.75) is 26.1 Å². The summed E-state index contributed by atoms with van der Waals surface area (Å²) in [5.74, 6) is 0.930. The molecule has 90 valence electrons. The predicted molar refractivity (Wildman–Crippen MR) is 60.0 cm³/mol. The molecule has 0 radical (unpaired) electrons. The molecule has 16 heavy (non-hydrogen) atoms. The van der Waals surface area contributed by atoms with E-state index in [-0.39, 0.29) is 0 Å². The van der Waals surface area contributed by atoms with E-state index in [1.54, 1.807) is 0 Å². The van der Waals surface area contributed by atoms with Crippen molar-refractivity contribution in [2.24, 2.45) is 0 Å². The molecule has 0 aromatic carbocycles. The fourth-order valence-corrected chi connectivity index (χ4v) is 1.95. The summed E-state index contributed by atoms with van der Waals surface area (Å²) >= 11 is 0. The third kappa shape index (κ3) is 3.04. The molecule has 0 amide bonds. The minimum atomic E-state index is 0.313. The summed E-state index contributed by atoms with van der Waals surface area (Å²) in [6.07, 6.45) is 0.313. The Balaban J connectivity index is 1.87. The normalized spacial score (nSPS) is 22.5. The van der Waals surface area contributed by atoms with E-state index in [0.717, 1.165) is 44.2 Å². The average molecular weight is 225 g/mol. The first-order valence-electron chi connectivity index (χ1n) is 5.71. The Kier molecular flexibility index (Phi) is 3.93. The first-order valence-corrected chi connectivity index (χ1v) is 5.71. The predicted octanol–water partition coefficient (Wildman–Crippen LogP) is 0.615. The van der Waals surface area contributed by atoms with Crippen molar-refractivity contribution in [1.82, 2.24) is 15.4 Å². The van der Waals surface area contributed by atoms with Gasteiger partial charge in [-0.05, 0) is 14.0 Å². The van der Waals surface area contributed by atoms with E-state index < -0.39 is 0 Å². The maximum absolute atomic E-state index is 5.49. The van der Waals surface area contributed by atoms with Crippen LogP contribution in [0.1, 0.15) is 18.4 Å². The van der Waals surface area contributed by atoms with Crippen molar-refractivity contribution in [3.63, 3.8) is 0 Å². The summed E-state index contributed by atoms with van der Waals surface area (Å²) in [5.41, 5.74) is 0.957. The SMILES string of the molecule is CNCc1cc(CN2CCOC(C)C2)on1.